The standard InChI is InChI=1S/C20H19F3N2O4S/c21-20(22,23)18-11-14(9-15-10-16(12-24)29-19(15)18)13-1-3-17(4-2-13)30(26,27)25-5-7-28-8-6-25/h1-4,9-11H,5-8,12,24H2. The number of alkyl halides is 3. The van der Waals surface area contributed by atoms with Gasteiger partial charge in [-0.25, -0.2) is 8.42 Å². The highest BCUT2D eigenvalue weighted by Gasteiger charge is 2.35. The zero-order valence-electron chi connectivity index (χ0n) is 15.8. The van der Waals surface area contributed by atoms with Crippen molar-refractivity contribution in [3.8, 4) is 11.1 Å². The van der Waals surface area contributed by atoms with Crippen LogP contribution in [0, 0.1) is 0 Å². The van der Waals surface area contributed by atoms with Crippen molar-refractivity contribution in [1.82, 2.24) is 4.31 Å². The maximum absolute atomic E-state index is 13.6. The van der Waals surface area contributed by atoms with Crippen molar-refractivity contribution in [3.63, 3.8) is 0 Å². The maximum atomic E-state index is 13.6. The van der Waals surface area contributed by atoms with Gasteiger partial charge in [-0.05, 0) is 41.5 Å². The van der Waals surface area contributed by atoms with E-state index in [9.17, 15) is 21.6 Å². The molecule has 0 radical (unpaired) electrons. The van der Waals surface area contributed by atoms with Crippen molar-refractivity contribution in [3.05, 3.63) is 53.8 Å². The number of sulfonamides is 1. The van der Waals surface area contributed by atoms with Crippen LogP contribution < -0.4 is 5.73 Å². The second-order valence-corrected chi connectivity index (χ2v) is 8.84. The molecular formula is C20H19F3N2O4S. The van der Waals surface area contributed by atoms with Crippen LogP contribution in [0.5, 0.6) is 0 Å². The molecular weight excluding hydrogens is 421 g/mol. The van der Waals surface area contributed by atoms with E-state index in [0.717, 1.165) is 6.07 Å². The van der Waals surface area contributed by atoms with E-state index < -0.39 is 21.8 Å². The van der Waals surface area contributed by atoms with Crippen molar-refractivity contribution in [2.45, 2.75) is 17.6 Å². The van der Waals surface area contributed by atoms with E-state index in [1.54, 1.807) is 6.07 Å². The lowest BCUT2D eigenvalue weighted by Crippen LogP contribution is -2.40. The fourth-order valence-corrected chi connectivity index (χ4v) is 4.85. The number of hydrogen-bond acceptors (Lipinski definition) is 5. The number of halogens is 3. The van der Waals surface area contributed by atoms with Crippen LogP contribution >= 0.6 is 0 Å². The third kappa shape index (κ3) is 3.83. The number of rotatable bonds is 4. The smallest absolute Gasteiger partial charge is 0.420 e. The van der Waals surface area contributed by atoms with Crippen molar-refractivity contribution < 1.29 is 30.7 Å². The zero-order valence-corrected chi connectivity index (χ0v) is 16.6. The van der Waals surface area contributed by atoms with Crippen LogP contribution in [0.25, 0.3) is 22.1 Å². The monoisotopic (exact) mass is 440 g/mol. The van der Waals surface area contributed by atoms with Gasteiger partial charge in [-0.1, -0.05) is 12.1 Å². The quantitative estimate of drug-likeness (QED) is 0.670. The molecule has 3 aromatic rings. The van der Waals surface area contributed by atoms with Crippen LogP contribution in [0.3, 0.4) is 0 Å². The molecule has 1 fully saturated rings. The molecule has 1 aliphatic rings. The molecule has 0 spiro atoms. The third-order valence-electron chi connectivity index (χ3n) is 4.97. The van der Waals surface area contributed by atoms with Crippen molar-refractivity contribution in [2.75, 3.05) is 26.3 Å². The Labute approximate surface area is 171 Å². The molecule has 6 nitrogen and oxygen atoms in total. The summed E-state index contributed by atoms with van der Waals surface area (Å²) in [5, 5.41) is 0.283. The molecule has 0 aliphatic carbocycles. The van der Waals surface area contributed by atoms with Gasteiger partial charge in [0.25, 0.3) is 0 Å². The normalized spacial score (nSPS) is 16.3. The molecule has 0 atom stereocenters. The fraction of sp³-hybridized carbons (Fsp3) is 0.300. The molecule has 2 aromatic carbocycles. The summed E-state index contributed by atoms with van der Waals surface area (Å²) in [4.78, 5) is 0.0824. The summed E-state index contributed by atoms with van der Waals surface area (Å²) < 4.78 is 77.9. The summed E-state index contributed by atoms with van der Waals surface area (Å²) in [7, 11) is -3.68. The van der Waals surface area contributed by atoms with Crippen molar-refractivity contribution in [1.29, 1.82) is 0 Å². The highest BCUT2D eigenvalue weighted by molar-refractivity contribution is 7.89. The summed E-state index contributed by atoms with van der Waals surface area (Å²) >= 11 is 0. The average Bonchev–Trinajstić information content (AvgIpc) is 3.16. The Bertz CT molecular complexity index is 1170. The molecule has 0 unspecified atom stereocenters. The molecule has 0 saturated carbocycles. The van der Waals surface area contributed by atoms with E-state index in [1.807, 2.05) is 0 Å². The van der Waals surface area contributed by atoms with Crippen LogP contribution in [-0.2, 0) is 27.5 Å². The minimum absolute atomic E-state index is 0.0184. The molecule has 30 heavy (non-hydrogen) atoms. The zero-order chi connectivity index (χ0) is 21.5. The number of hydrogen-bond donors (Lipinski definition) is 1. The van der Waals surface area contributed by atoms with Crippen LogP contribution in [0.1, 0.15) is 11.3 Å². The van der Waals surface area contributed by atoms with E-state index in [0.29, 0.717) is 24.3 Å². The van der Waals surface area contributed by atoms with Gasteiger partial charge in [0.2, 0.25) is 10.0 Å². The number of morpholine rings is 1. The Balaban J connectivity index is 1.74. The second-order valence-electron chi connectivity index (χ2n) is 6.90. The summed E-state index contributed by atoms with van der Waals surface area (Å²) in [6, 6.07) is 9.84. The van der Waals surface area contributed by atoms with Gasteiger partial charge in [-0.2, -0.15) is 17.5 Å². The maximum Gasteiger partial charge on any atom is 0.420 e. The molecule has 1 aromatic heterocycles. The van der Waals surface area contributed by atoms with Gasteiger partial charge >= 0.3 is 6.18 Å². The number of fused-ring (bicyclic) bond motifs is 1. The molecule has 10 heteroatoms. The van der Waals surface area contributed by atoms with Crippen LogP contribution in [0.4, 0.5) is 13.2 Å². The average molecular weight is 440 g/mol. The van der Waals surface area contributed by atoms with Gasteiger partial charge < -0.3 is 14.9 Å². The Morgan fingerprint density at radius 1 is 1.00 bits per heavy atom. The molecule has 2 N–H and O–H groups in total. The number of furan rings is 1. The largest absolute Gasteiger partial charge is 0.459 e. The molecule has 160 valence electrons. The first-order valence-electron chi connectivity index (χ1n) is 9.22. The summed E-state index contributed by atoms with van der Waals surface area (Å²) in [6.07, 6.45) is -4.61. The highest BCUT2D eigenvalue weighted by atomic mass is 32.2. The van der Waals surface area contributed by atoms with E-state index in [-0.39, 0.29) is 41.3 Å². The van der Waals surface area contributed by atoms with Crippen molar-refractivity contribution in [2.24, 2.45) is 5.73 Å². The molecule has 1 saturated heterocycles. The topological polar surface area (TPSA) is 85.8 Å². The second kappa shape index (κ2) is 7.69. The SMILES string of the molecule is NCc1cc2cc(-c3ccc(S(=O)(=O)N4CCOCC4)cc3)cc(C(F)(F)F)c2o1. The molecule has 1 aliphatic heterocycles. The molecule has 4 rings (SSSR count). The number of nitrogens with two attached hydrogens (primary N) is 1. The van der Waals surface area contributed by atoms with Crippen LogP contribution in [0.2, 0.25) is 0 Å². The lowest BCUT2D eigenvalue weighted by Gasteiger charge is -2.26. The summed E-state index contributed by atoms with van der Waals surface area (Å²) in [5.74, 6) is 0.250. The first-order valence-corrected chi connectivity index (χ1v) is 10.7. The van der Waals surface area contributed by atoms with E-state index >= 15 is 0 Å². The summed E-state index contributed by atoms with van der Waals surface area (Å²) in [6.45, 7) is 1.16. The molecule has 2 heterocycles. The number of benzene rings is 2. The first kappa shape index (κ1) is 20.9. The van der Waals surface area contributed by atoms with Crippen LogP contribution in [0.15, 0.2) is 51.8 Å². The van der Waals surface area contributed by atoms with Crippen molar-refractivity contribution >= 4 is 21.0 Å². The number of ether oxygens (including phenoxy) is 1. The van der Waals surface area contributed by atoms with Crippen LogP contribution in [-0.4, -0.2) is 39.0 Å². The van der Waals surface area contributed by atoms with Gasteiger partial charge in [0, 0.05) is 18.5 Å². The number of nitrogens with zero attached hydrogens (tertiary/aromatic N) is 1. The Morgan fingerprint density at radius 3 is 2.27 bits per heavy atom. The van der Waals surface area contributed by atoms with Gasteiger partial charge in [-0.3, -0.25) is 0 Å². The summed E-state index contributed by atoms with van der Waals surface area (Å²) in [5.41, 5.74) is 5.09. The van der Waals surface area contributed by atoms with Gasteiger partial charge in [-0.15, -0.1) is 0 Å². The Hall–Kier alpha value is -2.40. The highest BCUT2D eigenvalue weighted by Crippen LogP contribution is 2.39. The molecule has 0 bridgehead atoms. The van der Waals surface area contributed by atoms with Gasteiger partial charge in [0.15, 0.2) is 0 Å². The Kier molecular flexibility index (Phi) is 5.35. The van der Waals surface area contributed by atoms with Gasteiger partial charge in [0.05, 0.1) is 30.2 Å². The fourth-order valence-electron chi connectivity index (χ4n) is 3.44. The van der Waals surface area contributed by atoms with E-state index in [1.165, 1.54) is 34.6 Å². The predicted molar refractivity (Wildman–Crippen MR) is 104 cm³/mol. The van der Waals surface area contributed by atoms with E-state index in [4.69, 9.17) is 14.9 Å². The predicted octanol–water partition coefficient (Wildman–Crippen LogP) is 3.60. The third-order valence-corrected chi connectivity index (χ3v) is 6.88. The Morgan fingerprint density at radius 2 is 1.67 bits per heavy atom. The van der Waals surface area contributed by atoms with E-state index in [2.05, 4.69) is 0 Å². The first-order chi connectivity index (χ1) is 14.2. The molecule has 0 amide bonds. The van der Waals surface area contributed by atoms with Gasteiger partial charge in [0.1, 0.15) is 11.3 Å². The minimum atomic E-state index is -4.61. The minimum Gasteiger partial charge on any atom is -0.459 e. The lowest BCUT2D eigenvalue weighted by atomic mass is 10.0. The lowest BCUT2D eigenvalue weighted by molar-refractivity contribution is -0.136.